The first kappa shape index (κ1) is 21.0. The van der Waals surface area contributed by atoms with Crippen molar-refractivity contribution in [1.82, 2.24) is 10.2 Å². The minimum atomic E-state index is -0.160. The number of hydrogen-bond acceptors (Lipinski definition) is 4. The molecule has 0 atom stereocenters. The summed E-state index contributed by atoms with van der Waals surface area (Å²) in [4.78, 5) is 27.0. The maximum Gasteiger partial charge on any atom is 0.251 e. The van der Waals surface area contributed by atoms with Crippen LogP contribution in [0.1, 0.15) is 28.8 Å². The SMILES string of the molecule is COc1ccc(C(=O)NC2CCN(C(=O)Cc3ccccc3Cl)CC2)cc1OC. The number of carbonyl (C=O) groups is 2. The predicted molar refractivity (Wildman–Crippen MR) is 112 cm³/mol. The third kappa shape index (κ3) is 5.21. The van der Waals surface area contributed by atoms with Gasteiger partial charge in [0.2, 0.25) is 5.91 Å². The van der Waals surface area contributed by atoms with Crippen LogP contribution in [-0.2, 0) is 11.2 Å². The molecule has 0 unspecified atom stereocenters. The Morgan fingerprint density at radius 1 is 1.07 bits per heavy atom. The Labute approximate surface area is 175 Å². The maximum atomic E-state index is 12.6. The Bertz CT molecular complexity index is 879. The van der Waals surface area contributed by atoms with Crippen LogP contribution in [0.5, 0.6) is 11.5 Å². The van der Waals surface area contributed by atoms with Gasteiger partial charge < -0.3 is 19.7 Å². The van der Waals surface area contributed by atoms with Crippen molar-refractivity contribution in [3.8, 4) is 11.5 Å². The molecule has 6 nitrogen and oxygen atoms in total. The van der Waals surface area contributed by atoms with Gasteiger partial charge in [-0.3, -0.25) is 9.59 Å². The minimum Gasteiger partial charge on any atom is -0.493 e. The molecular formula is C22H25ClN2O4. The number of halogens is 1. The van der Waals surface area contributed by atoms with Crippen LogP contribution in [0.25, 0.3) is 0 Å². The Morgan fingerprint density at radius 3 is 2.41 bits per heavy atom. The monoisotopic (exact) mass is 416 g/mol. The Balaban J connectivity index is 1.52. The van der Waals surface area contributed by atoms with Crippen LogP contribution < -0.4 is 14.8 Å². The van der Waals surface area contributed by atoms with E-state index in [4.69, 9.17) is 21.1 Å². The van der Waals surface area contributed by atoms with E-state index in [1.807, 2.05) is 23.1 Å². The van der Waals surface area contributed by atoms with Crippen LogP contribution in [-0.4, -0.2) is 50.1 Å². The molecule has 2 aromatic rings. The Hall–Kier alpha value is -2.73. The Morgan fingerprint density at radius 2 is 1.76 bits per heavy atom. The van der Waals surface area contributed by atoms with E-state index >= 15 is 0 Å². The fourth-order valence-electron chi connectivity index (χ4n) is 3.44. The largest absolute Gasteiger partial charge is 0.493 e. The van der Waals surface area contributed by atoms with Gasteiger partial charge in [0.05, 0.1) is 20.6 Å². The van der Waals surface area contributed by atoms with Gasteiger partial charge in [-0.2, -0.15) is 0 Å². The van der Waals surface area contributed by atoms with Gasteiger partial charge in [0.15, 0.2) is 11.5 Å². The summed E-state index contributed by atoms with van der Waals surface area (Å²) in [6.45, 7) is 1.22. The van der Waals surface area contributed by atoms with E-state index in [9.17, 15) is 9.59 Å². The predicted octanol–water partition coefficient (Wildman–Crippen LogP) is 3.32. The van der Waals surface area contributed by atoms with Gasteiger partial charge in [0.1, 0.15) is 0 Å². The Kier molecular flexibility index (Phi) is 6.99. The van der Waals surface area contributed by atoms with Crippen molar-refractivity contribution >= 4 is 23.4 Å². The standard InChI is InChI=1S/C22H25ClN2O4/c1-28-19-8-7-16(13-20(19)29-2)22(27)24-17-9-11-25(12-10-17)21(26)14-15-5-3-4-6-18(15)23/h3-8,13,17H,9-12,14H2,1-2H3,(H,24,27). The van der Waals surface area contributed by atoms with Crippen molar-refractivity contribution in [3.63, 3.8) is 0 Å². The van der Waals surface area contributed by atoms with Gasteiger partial charge >= 0.3 is 0 Å². The lowest BCUT2D eigenvalue weighted by Crippen LogP contribution is -2.47. The second-order valence-corrected chi connectivity index (χ2v) is 7.37. The van der Waals surface area contributed by atoms with E-state index in [1.54, 1.807) is 31.4 Å². The summed E-state index contributed by atoms with van der Waals surface area (Å²) in [7, 11) is 3.09. The van der Waals surface area contributed by atoms with Gasteiger partial charge in [-0.05, 0) is 42.7 Å². The second-order valence-electron chi connectivity index (χ2n) is 6.97. The van der Waals surface area contributed by atoms with Gasteiger partial charge in [-0.15, -0.1) is 0 Å². The van der Waals surface area contributed by atoms with E-state index in [1.165, 1.54) is 7.11 Å². The zero-order chi connectivity index (χ0) is 20.8. The molecule has 1 aliphatic rings. The number of likely N-dealkylation sites (tertiary alicyclic amines) is 1. The lowest BCUT2D eigenvalue weighted by atomic mass is 10.0. The molecule has 0 radical (unpaired) electrons. The molecule has 1 saturated heterocycles. The summed E-state index contributed by atoms with van der Waals surface area (Å²) in [5, 5.41) is 3.66. The highest BCUT2D eigenvalue weighted by molar-refractivity contribution is 6.31. The lowest BCUT2D eigenvalue weighted by molar-refractivity contribution is -0.131. The number of methoxy groups -OCH3 is 2. The van der Waals surface area contributed by atoms with Crippen LogP contribution >= 0.6 is 11.6 Å². The van der Waals surface area contributed by atoms with Crippen molar-refractivity contribution < 1.29 is 19.1 Å². The van der Waals surface area contributed by atoms with Crippen molar-refractivity contribution in [3.05, 3.63) is 58.6 Å². The average Bonchev–Trinajstić information content (AvgIpc) is 2.75. The molecule has 0 aromatic heterocycles. The molecule has 0 bridgehead atoms. The molecule has 0 spiro atoms. The van der Waals surface area contributed by atoms with Crippen molar-refractivity contribution in [2.45, 2.75) is 25.3 Å². The molecule has 1 N–H and O–H groups in total. The average molecular weight is 417 g/mol. The third-order valence-corrected chi connectivity index (χ3v) is 5.50. The summed E-state index contributed by atoms with van der Waals surface area (Å²) < 4.78 is 10.5. The number of ether oxygens (including phenoxy) is 2. The summed E-state index contributed by atoms with van der Waals surface area (Å²) in [5.41, 5.74) is 1.35. The number of nitrogens with zero attached hydrogens (tertiary/aromatic N) is 1. The minimum absolute atomic E-state index is 0.0277. The maximum absolute atomic E-state index is 12.6. The van der Waals surface area contributed by atoms with Crippen molar-refractivity contribution in [1.29, 1.82) is 0 Å². The highest BCUT2D eigenvalue weighted by Crippen LogP contribution is 2.27. The molecular weight excluding hydrogens is 392 g/mol. The van der Waals surface area contributed by atoms with Gasteiger partial charge in [-0.1, -0.05) is 29.8 Å². The molecule has 0 aliphatic carbocycles. The summed E-state index contributed by atoms with van der Waals surface area (Å²) >= 11 is 6.15. The summed E-state index contributed by atoms with van der Waals surface area (Å²) in [6.07, 6.45) is 1.73. The zero-order valence-corrected chi connectivity index (χ0v) is 17.4. The van der Waals surface area contributed by atoms with Crippen molar-refractivity contribution in [2.75, 3.05) is 27.3 Å². The van der Waals surface area contributed by atoms with E-state index in [2.05, 4.69) is 5.32 Å². The number of piperidine rings is 1. The molecule has 154 valence electrons. The second kappa shape index (κ2) is 9.65. The topological polar surface area (TPSA) is 67.9 Å². The molecule has 0 saturated carbocycles. The fraction of sp³-hybridized carbons (Fsp3) is 0.364. The molecule has 1 heterocycles. The normalized spacial score (nSPS) is 14.4. The summed E-state index contributed by atoms with van der Waals surface area (Å²) in [5.74, 6) is 0.990. The molecule has 1 fully saturated rings. The van der Waals surface area contributed by atoms with Gasteiger partial charge in [0.25, 0.3) is 5.91 Å². The van der Waals surface area contributed by atoms with E-state index in [0.29, 0.717) is 54.4 Å². The van der Waals surface area contributed by atoms with E-state index in [0.717, 1.165) is 5.56 Å². The molecule has 3 rings (SSSR count). The highest BCUT2D eigenvalue weighted by atomic mass is 35.5. The summed E-state index contributed by atoms with van der Waals surface area (Å²) in [6, 6.07) is 12.5. The van der Waals surface area contributed by atoms with Crippen LogP contribution in [0.15, 0.2) is 42.5 Å². The van der Waals surface area contributed by atoms with Crippen LogP contribution in [0.3, 0.4) is 0 Å². The molecule has 2 aromatic carbocycles. The first-order valence-electron chi connectivity index (χ1n) is 9.56. The molecule has 29 heavy (non-hydrogen) atoms. The first-order valence-corrected chi connectivity index (χ1v) is 9.93. The third-order valence-electron chi connectivity index (χ3n) is 5.13. The molecule has 1 aliphatic heterocycles. The van der Waals surface area contributed by atoms with Crippen LogP contribution in [0.4, 0.5) is 0 Å². The molecule has 7 heteroatoms. The van der Waals surface area contributed by atoms with Gasteiger partial charge in [0, 0.05) is 29.7 Å². The van der Waals surface area contributed by atoms with Crippen LogP contribution in [0.2, 0.25) is 5.02 Å². The van der Waals surface area contributed by atoms with E-state index < -0.39 is 0 Å². The number of carbonyl (C=O) groups excluding carboxylic acids is 2. The number of nitrogens with one attached hydrogen (secondary N) is 1. The van der Waals surface area contributed by atoms with Gasteiger partial charge in [-0.25, -0.2) is 0 Å². The smallest absolute Gasteiger partial charge is 0.251 e. The lowest BCUT2D eigenvalue weighted by Gasteiger charge is -2.32. The number of benzene rings is 2. The van der Waals surface area contributed by atoms with Crippen molar-refractivity contribution in [2.24, 2.45) is 0 Å². The van der Waals surface area contributed by atoms with Crippen LogP contribution in [0, 0.1) is 0 Å². The highest BCUT2D eigenvalue weighted by Gasteiger charge is 2.24. The quantitative estimate of drug-likeness (QED) is 0.784. The fourth-order valence-corrected chi connectivity index (χ4v) is 3.64. The number of rotatable bonds is 6. The number of hydrogen-bond donors (Lipinski definition) is 1. The van der Waals surface area contributed by atoms with E-state index in [-0.39, 0.29) is 17.9 Å². The first-order chi connectivity index (χ1) is 14.0. The number of amides is 2. The zero-order valence-electron chi connectivity index (χ0n) is 16.6. The molecule has 2 amide bonds.